The van der Waals surface area contributed by atoms with Gasteiger partial charge in [0.15, 0.2) is 6.23 Å². The summed E-state index contributed by atoms with van der Waals surface area (Å²) in [5, 5.41) is 10.6. The molecule has 0 aromatic carbocycles. The Bertz CT molecular complexity index is 1210. The molecule has 0 saturated carbocycles. The SMILES string of the molecule is CCc1cccc(NC(=O)c2csc3cnc(N[C@@H]4CCCO[C@H]4NC(=O)OC(C)(C)C)nc23)n1. The summed E-state index contributed by atoms with van der Waals surface area (Å²) in [5.41, 5.74) is 1.28. The largest absolute Gasteiger partial charge is 0.444 e. The van der Waals surface area contributed by atoms with Crippen LogP contribution in [0.3, 0.4) is 0 Å². The number of rotatable bonds is 6. The van der Waals surface area contributed by atoms with E-state index in [4.69, 9.17) is 9.47 Å². The molecule has 2 atom stereocenters. The van der Waals surface area contributed by atoms with Crippen molar-refractivity contribution in [3.05, 3.63) is 41.0 Å². The predicted octanol–water partition coefficient (Wildman–Crippen LogP) is 4.34. The molecule has 4 rings (SSSR count). The fourth-order valence-corrected chi connectivity index (χ4v) is 4.49. The number of thiophene rings is 1. The number of nitrogens with one attached hydrogen (secondary N) is 3. The van der Waals surface area contributed by atoms with E-state index in [9.17, 15) is 9.59 Å². The Kier molecular flexibility index (Phi) is 7.46. The molecule has 1 fully saturated rings. The minimum absolute atomic E-state index is 0.259. The maximum atomic E-state index is 13.0. The molecular formula is C24H30N6O4S. The number of carbonyl (C=O) groups excluding carboxylic acids is 2. The highest BCUT2D eigenvalue weighted by atomic mass is 32.1. The summed E-state index contributed by atoms with van der Waals surface area (Å²) >= 11 is 1.40. The van der Waals surface area contributed by atoms with E-state index in [1.807, 2.05) is 19.1 Å². The van der Waals surface area contributed by atoms with E-state index in [2.05, 4.69) is 30.9 Å². The van der Waals surface area contributed by atoms with E-state index in [0.29, 0.717) is 29.5 Å². The molecule has 0 aliphatic carbocycles. The molecule has 1 saturated heterocycles. The highest BCUT2D eigenvalue weighted by Gasteiger charge is 2.30. The van der Waals surface area contributed by atoms with E-state index < -0.39 is 17.9 Å². The molecule has 0 spiro atoms. The molecule has 1 aliphatic rings. The van der Waals surface area contributed by atoms with Crippen molar-refractivity contribution in [2.75, 3.05) is 17.2 Å². The monoisotopic (exact) mass is 498 g/mol. The zero-order chi connectivity index (χ0) is 25.0. The van der Waals surface area contributed by atoms with Gasteiger partial charge in [0.05, 0.1) is 28.0 Å². The van der Waals surface area contributed by atoms with E-state index >= 15 is 0 Å². The van der Waals surface area contributed by atoms with Crippen molar-refractivity contribution in [3.8, 4) is 0 Å². The van der Waals surface area contributed by atoms with Crippen molar-refractivity contribution in [2.45, 2.75) is 64.8 Å². The summed E-state index contributed by atoms with van der Waals surface area (Å²) in [6, 6.07) is 5.28. The summed E-state index contributed by atoms with van der Waals surface area (Å²) in [5.74, 6) is 0.561. The van der Waals surface area contributed by atoms with Crippen LogP contribution in [0.15, 0.2) is 29.8 Å². The lowest BCUT2D eigenvalue weighted by atomic mass is 10.1. The lowest BCUT2D eigenvalue weighted by Gasteiger charge is -2.33. The highest BCUT2D eigenvalue weighted by molar-refractivity contribution is 7.17. The summed E-state index contributed by atoms with van der Waals surface area (Å²) in [6.45, 7) is 7.95. The van der Waals surface area contributed by atoms with Gasteiger partial charge in [-0.1, -0.05) is 13.0 Å². The Balaban J connectivity index is 1.49. The standard InChI is InChI=1S/C24H30N6O4S/c1-5-14-8-6-10-18(26-14)28-20(31)15-13-35-17-12-25-22(29-19(15)17)27-16-9-7-11-33-21(16)30-23(32)34-24(2,3)4/h6,8,10,12-13,16,21H,5,7,9,11H2,1-4H3,(H,30,32)(H,25,27,29)(H,26,28,31)/t16-,21-/m1/s1. The van der Waals surface area contributed by atoms with Crippen molar-refractivity contribution >= 4 is 45.3 Å². The maximum absolute atomic E-state index is 13.0. The van der Waals surface area contributed by atoms with Gasteiger partial charge in [-0.05, 0) is 52.2 Å². The third-order valence-corrected chi connectivity index (χ3v) is 6.17. The first-order chi connectivity index (χ1) is 16.7. The van der Waals surface area contributed by atoms with Gasteiger partial charge in [0.1, 0.15) is 11.4 Å². The van der Waals surface area contributed by atoms with E-state index in [-0.39, 0.29) is 11.9 Å². The van der Waals surface area contributed by atoms with Gasteiger partial charge in [-0.3, -0.25) is 10.1 Å². The van der Waals surface area contributed by atoms with Crippen LogP contribution in [0.2, 0.25) is 0 Å². The predicted molar refractivity (Wildman–Crippen MR) is 135 cm³/mol. The first-order valence-electron chi connectivity index (χ1n) is 11.6. The number of aromatic nitrogens is 3. The number of pyridine rings is 1. The number of hydrogen-bond donors (Lipinski definition) is 3. The molecule has 4 heterocycles. The van der Waals surface area contributed by atoms with Gasteiger partial charge in [-0.2, -0.15) is 0 Å². The molecule has 35 heavy (non-hydrogen) atoms. The minimum Gasteiger partial charge on any atom is -0.444 e. The zero-order valence-electron chi connectivity index (χ0n) is 20.3. The van der Waals surface area contributed by atoms with Crippen LogP contribution >= 0.6 is 11.3 Å². The number of nitrogens with zero attached hydrogens (tertiary/aromatic N) is 3. The second-order valence-corrected chi connectivity index (χ2v) is 10.1. The van der Waals surface area contributed by atoms with Crippen molar-refractivity contribution in [3.63, 3.8) is 0 Å². The fourth-order valence-electron chi connectivity index (χ4n) is 3.65. The Morgan fingerprint density at radius 1 is 1.26 bits per heavy atom. The van der Waals surface area contributed by atoms with Crippen LogP contribution < -0.4 is 16.0 Å². The number of carbonyl (C=O) groups is 2. The van der Waals surface area contributed by atoms with Gasteiger partial charge in [0.25, 0.3) is 5.91 Å². The number of alkyl carbamates (subject to hydrolysis) is 1. The summed E-state index contributed by atoms with van der Waals surface area (Å²) in [6.07, 6.45) is 2.88. The Hall–Kier alpha value is -3.31. The molecule has 0 radical (unpaired) electrons. The van der Waals surface area contributed by atoms with Crippen LogP contribution in [0.1, 0.15) is 56.6 Å². The second kappa shape index (κ2) is 10.5. The van der Waals surface area contributed by atoms with Gasteiger partial charge < -0.3 is 20.1 Å². The molecule has 3 aromatic rings. The van der Waals surface area contributed by atoms with Crippen LogP contribution in [0.25, 0.3) is 10.2 Å². The molecule has 0 unspecified atom stereocenters. The van der Waals surface area contributed by atoms with Crippen molar-refractivity contribution in [2.24, 2.45) is 0 Å². The summed E-state index contributed by atoms with van der Waals surface area (Å²) in [4.78, 5) is 38.7. The zero-order valence-corrected chi connectivity index (χ0v) is 21.1. The molecule has 3 aromatic heterocycles. The molecule has 0 bridgehead atoms. The number of fused-ring (bicyclic) bond motifs is 1. The first kappa shape index (κ1) is 24.8. The summed E-state index contributed by atoms with van der Waals surface area (Å²) in [7, 11) is 0. The average molecular weight is 499 g/mol. The van der Waals surface area contributed by atoms with Crippen LogP contribution in [0, 0.1) is 0 Å². The van der Waals surface area contributed by atoms with E-state index in [1.165, 1.54) is 11.3 Å². The number of aryl methyl sites for hydroxylation is 1. The van der Waals surface area contributed by atoms with Crippen LogP contribution in [0.4, 0.5) is 16.6 Å². The Morgan fingerprint density at radius 2 is 2.09 bits per heavy atom. The molecule has 186 valence electrons. The lowest BCUT2D eigenvalue weighted by molar-refractivity contribution is -0.0237. The molecule has 11 heteroatoms. The third kappa shape index (κ3) is 6.43. The minimum atomic E-state index is -0.612. The van der Waals surface area contributed by atoms with Gasteiger partial charge in [0.2, 0.25) is 5.95 Å². The van der Waals surface area contributed by atoms with Gasteiger partial charge in [-0.15, -0.1) is 11.3 Å². The second-order valence-electron chi connectivity index (χ2n) is 9.21. The number of hydrogen-bond acceptors (Lipinski definition) is 9. The van der Waals surface area contributed by atoms with E-state index in [1.54, 1.807) is 38.4 Å². The quantitative estimate of drug-likeness (QED) is 0.458. The molecule has 2 amide bonds. The molecular weight excluding hydrogens is 468 g/mol. The van der Waals surface area contributed by atoms with Gasteiger partial charge in [-0.25, -0.2) is 19.7 Å². The highest BCUT2D eigenvalue weighted by Crippen LogP contribution is 2.26. The molecule has 10 nitrogen and oxygen atoms in total. The fraction of sp³-hybridized carbons (Fsp3) is 0.458. The van der Waals surface area contributed by atoms with Crippen LogP contribution in [0.5, 0.6) is 0 Å². The number of anilines is 2. The Morgan fingerprint density at radius 3 is 2.86 bits per heavy atom. The lowest BCUT2D eigenvalue weighted by Crippen LogP contribution is -2.52. The van der Waals surface area contributed by atoms with Crippen molar-refractivity contribution in [1.82, 2.24) is 20.3 Å². The molecule has 3 N–H and O–H groups in total. The average Bonchev–Trinajstić information content (AvgIpc) is 3.23. The van der Waals surface area contributed by atoms with Gasteiger partial charge >= 0.3 is 6.09 Å². The first-order valence-corrected chi connectivity index (χ1v) is 12.5. The van der Waals surface area contributed by atoms with Crippen LogP contribution in [-0.4, -0.2) is 51.4 Å². The summed E-state index contributed by atoms with van der Waals surface area (Å²) < 4.78 is 11.9. The normalized spacial score (nSPS) is 18.2. The Labute approximate surface area is 207 Å². The van der Waals surface area contributed by atoms with Gasteiger partial charge in [0, 0.05) is 17.7 Å². The van der Waals surface area contributed by atoms with Crippen LogP contribution in [-0.2, 0) is 15.9 Å². The van der Waals surface area contributed by atoms with Crippen molar-refractivity contribution in [1.29, 1.82) is 0 Å². The maximum Gasteiger partial charge on any atom is 0.409 e. The molecule has 1 aliphatic heterocycles. The topological polar surface area (TPSA) is 127 Å². The number of ether oxygens (including phenoxy) is 2. The third-order valence-electron chi connectivity index (χ3n) is 5.27. The smallest absolute Gasteiger partial charge is 0.409 e. The number of amides is 2. The van der Waals surface area contributed by atoms with E-state index in [0.717, 1.165) is 29.7 Å². The van der Waals surface area contributed by atoms with Crippen molar-refractivity contribution < 1.29 is 19.1 Å².